The third kappa shape index (κ3) is 0.715. The SMILES string of the molecule is [c]1cc2c(cn1)COC2. The van der Waals surface area contributed by atoms with E-state index in [0.717, 1.165) is 13.2 Å². The van der Waals surface area contributed by atoms with Crippen LogP contribution in [-0.2, 0) is 18.0 Å². The number of nitrogens with zero attached hydrogens (tertiary/aromatic N) is 1. The maximum absolute atomic E-state index is 5.15. The van der Waals surface area contributed by atoms with E-state index in [-0.39, 0.29) is 0 Å². The van der Waals surface area contributed by atoms with Crippen LogP contribution < -0.4 is 0 Å². The smallest absolute Gasteiger partial charge is 0.0890 e. The van der Waals surface area contributed by atoms with Gasteiger partial charge in [-0.05, 0) is 11.6 Å². The topological polar surface area (TPSA) is 22.1 Å². The second kappa shape index (κ2) is 1.81. The van der Waals surface area contributed by atoms with Crippen LogP contribution in [0.4, 0.5) is 0 Å². The van der Waals surface area contributed by atoms with Crippen molar-refractivity contribution >= 4 is 0 Å². The minimum atomic E-state index is 0.719. The largest absolute Gasteiger partial charge is 0.372 e. The van der Waals surface area contributed by atoms with Gasteiger partial charge >= 0.3 is 0 Å². The Bertz CT molecular complexity index is 199. The quantitative estimate of drug-likeness (QED) is 0.507. The Kier molecular flexibility index (Phi) is 0.993. The summed E-state index contributed by atoms with van der Waals surface area (Å²) in [5.74, 6) is 0. The van der Waals surface area contributed by atoms with Gasteiger partial charge in [-0.2, -0.15) is 0 Å². The normalized spacial score (nSPS) is 15.6. The Balaban J connectivity index is 2.54. The third-order valence-electron chi connectivity index (χ3n) is 1.46. The van der Waals surface area contributed by atoms with Crippen LogP contribution in [-0.4, -0.2) is 4.98 Å². The molecule has 0 spiro atoms. The molecule has 0 bridgehead atoms. The van der Waals surface area contributed by atoms with E-state index < -0.39 is 0 Å². The minimum Gasteiger partial charge on any atom is -0.372 e. The maximum Gasteiger partial charge on any atom is 0.0890 e. The van der Waals surface area contributed by atoms with Gasteiger partial charge in [-0.15, -0.1) is 0 Å². The van der Waals surface area contributed by atoms with Crippen molar-refractivity contribution in [1.82, 2.24) is 4.98 Å². The Labute approximate surface area is 53.5 Å². The second-order valence-corrected chi connectivity index (χ2v) is 2.07. The fraction of sp³-hybridized carbons (Fsp3) is 0.286. The summed E-state index contributed by atoms with van der Waals surface area (Å²) in [5, 5.41) is 0. The van der Waals surface area contributed by atoms with E-state index in [4.69, 9.17) is 4.74 Å². The van der Waals surface area contributed by atoms with Crippen LogP contribution in [0.15, 0.2) is 12.3 Å². The molecule has 1 aromatic rings. The van der Waals surface area contributed by atoms with Crippen molar-refractivity contribution in [2.24, 2.45) is 0 Å². The number of ether oxygens (including phenoxy) is 1. The highest BCUT2D eigenvalue weighted by Crippen LogP contribution is 2.16. The van der Waals surface area contributed by atoms with Gasteiger partial charge in [0, 0.05) is 11.8 Å². The molecule has 0 unspecified atom stereocenters. The van der Waals surface area contributed by atoms with Crippen molar-refractivity contribution < 1.29 is 4.74 Å². The molecule has 0 amide bonds. The zero-order valence-electron chi connectivity index (χ0n) is 4.92. The minimum absolute atomic E-state index is 0.719. The predicted octanol–water partition coefficient (Wildman–Crippen LogP) is 0.912. The molecular formula is C7H6NO. The second-order valence-electron chi connectivity index (χ2n) is 2.07. The summed E-state index contributed by atoms with van der Waals surface area (Å²) in [6.07, 6.45) is 4.57. The van der Waals surface area contributed by atoms with Crippen LogP contribution in [0.3, 0.4) is 0 Å². The highest BCUT2D eigenvalue weighted by molar-refractivity contribution is 5.23. The monoisotopic (exact) mass is 120 g/mol. The van der Waals surface area contributed by atoms with Gasteiger partial charge in [-0.1, -0.05) is 0 Å². The molecule has 0 atom stereocenters. The van der Waals surface area contributed by atoms with Crippen LogP contribution in [0.2, 0.25) is 0 Å². The molecule has 2 rings (SSSR count). The summed E-state index contributed by atoms with van der Waals surface area (Å²) in [7, 11) is 0. The number of fused-ring (bicyclic) bond motifs is 1. The molecule has 1 aliphatic heterocycles. The van der Waals surface area contributed by atoms with Crippen LogP contribution >= 0.6 is 0 Å². The van der Waals surface area contributed by atoms with Gasteiger partial charge in [0.1, 0.15) is 0 Å². The molecule has 0 saturated heterocycles. The number of hydrogen-bond donors (Lipinski definition) is 0. The number of pyridine rings is 1. The molecule has 1 aromatic heterocycles. The van der Waals surface area contributed by atoms with Gasteiger partial charge in [0.05, 0.1) is 19.4 Å². The molecule has 0 aliphatic carbocycles. The van der Waals surface area contributed by atoms with Crippen molar-refractivity contribution in [3.8, 4) is 0 Å². The first-order valence-corrected chi connectivity index (χ1v) is 2.88. The first-order chi connectivity index (χ1) is 4.47. The fourth-order valence-electron chi connectivity index (χ4n) is 0.941. The van der Waals surface area contributed by atoms with Crippen molar-refractivity contribution in [3.05, 3.63) is 29.6 Å². The van der Waals surface area contributed by atoms with Gasteiger partial charge in [-0.3, -0.25) is 4.98 Å². The van der Waals surface area contributed by atoms with E-state index in [0.29, 0.717) is 0 Å². The molecule has 0 N–H and O–H groups in total. The van der Waals surface area contributed by atoms with Crippen LogP contribution in [0.5, 0.6) is 0 Å². The van der Waals surface area contributed by atoms with Crippen molar-refractivity contribution in [2.75, 3.05) is 0 Å². The van der Waals surface area contributed by atoms with E-state index in [1.54, 1.807) is 0 Å². The molecule has 0 fully saturated rings. The van der Waals surface area contributed by atoms with Crippen LogP contribution in [0.25, 0.3) is 0 Å². The zero-order chi connectivity index (χ0) is 6.10. The molecule has 2 heterocycles. The Morgan fingerprint density at radius 1 is 1.44 bits per heavy atom. The summed E-state index contributed by atoms with van der Waals surface area (Å²) in [5.41, 5.74) is 2.43. The van der Waals surface area contributed by atoms with Crippen LogP contribution in [0, 0.1) is 6.20 Å². The van der Waals surface area contributed by atoms with E-state index in [9.17, 15) is 0 Å². The zero-order valence-corrected chi connectivity index (χ0v) is 4.92. The maximum atomic E-state index is 5.15. The predicted molar refractivity (Wildman–Crippen MR) is 31.6 cm³/mol. The molecule has 1 radical (unpaired) electrons. The molecule has 0 aromatic carbocycles. The highest BCUT2D eigenvalue weighted by Gasteiger charge is 2.08. The summed E-state index contributed by atoms with van der Waals surface area (Å²) in [4.78, 5) is 3.85. The molecular weight excluding hydrogens is 114 g/mol. The number of rotatable bonds is 0. The lowest BCUT2D eigenvalue weighted by molar-refractivity contribution is 0.134. The van der Waals surface area contributed by atoms with Gasteiger partial charge in [-0.25, -0.2) is 0 Å². The van der Waals surface area contributed by atoms with Crippen molar-refractivity contribution in [1.29, 1.82) is 0 Å². The molecule has 0 saturated carbocycles. The first-order valence-electron chi connectivity index (χ1n) is 2.88. The van der Waals surface area contributed by atoms with Crippen molar-refractivity contribution in [2.45, 2.75) is 13.2 Å². The Morgan fingerprint density at radius 2 is 2.33 bits per heavy atom. The Morgan fingerprint density at radius 3 is 3.22 bits per heavy atom. The molecule has 9 heavy (non-hydrogen) atoms. The molecule has 2 heteroatoms. The average molecular weight is 120 g/mol. The first kappa shape index (κ1) is 4.94. The molecule has 1 aliphatic rings. The lowest BCUT2D eigenvalue weighted by atomic mass is 10.2. The lowest BCUT2D eigenvalue weighted by Crippen LogP contribution is -1.81. The van der Waals surface area contributed by atoms with E-state index in [2.05, 4.69) is 11.2 Å². The Hall–Kier alpha value is -0.890. The molecule has 45 valence electrons. The number of hydrogen-bond acceptors (Lipinski definition) is 2. The highest BCUT2D eigenvalue weighted by atomic mass is 16.5. The van der Waals surface area contributed by atoms with Crippen molar-refractivity contribution in [3.63, 3.8) is 0 Å². The summed E-state index contributed by atoms with van der Waals surface area (Å²) < 4.78 is 5.15. The van der Waals surface area contributed by atoms with Gasteiger partial charge in [0.25, 0.3) is 0 Å². The number of aromatic nitrogens is 1. The van der Waals surface area contributed by atoms with E-state index in [1.165, 1.54) is 11.1 Å². The molecule has 2 nitrogen and oxygen atoms in total. The summed E-state index contributed by atoms with van der Waals surface area (Å²) in [6.45, 7) is 1.45. The fourth-order valence-corrected chi connectivity index (χ4v) is 0.941. The van der Waals surface area contributed by atoms with Crippen LogP contribution in [0.1, 0.15) is 11.1 Å². The standard InChI is InChI=1S/C7H6NO/c1-2-8-3-7-5-9-4-6(1)7/h1,3H,4-5H2. The van der Waals surface area contributed by atoms with Gasteiger partial charge in [0.2, 0.25) is 0 Å². The summed E-state index contributed by atoms with van der Waals surface area (Å²) in [6, 6.07) is 1.88. The average Bonchev–Trinajstić information content (AvgIpc) is 2.33. The summed E-state index contributed by atoms with van der Waals surface area (Å²) >= 11 is 0. The van der Waals surface area contributed by atoms with Gasteiger partial charge < -0.3 is 4.74 Å². The lowest BCUT2D eigenvalue weighted by Gasteiger charge is -1.88. The van der Waals surface area contributed by atoms with E-state index in [1.807, 2.05) is 12.3 Å². The van der Waals surface area contributed by atoms with Gasteiger partial charge in [0.15, 0.2) is 0 Å². The van der Waals surface area contributed by atoms with E-state index >= 15 is 0 Å². The third-order valence-corrected chi connectivity index (χ3v) is 1.46.